The van der Waals surface area contributed by atoms with Crippen molar-refractivity contribution < 1.29 is 33.8 Å². The molecular weight excluding hydrogens is 729 g/mol. The highest BCUT2D eigenvalue weighted by atomic mass is 35.5. The minimum absolute atomic E-state index is 0.0943. The number of aromatic hydroxyl groups is 1. The number of halogens is 2. The summed E-state index contributed by atoms with van der Waals surface area (Å²) in [5, 5.41) is 12.7. The lowest BCUT2D eigenvalue weighted by Gasteiger charge is -2.50. The molecule has 4 aliphatic rings. The van der Waals surface area contributed by atoms with Crippen LogP contribution in [0, 0.1) is 23.7 Å². The van der Waals surface area contributed by atoms with E-state index in [0.717, 1.165) is 16.1 Å². The van der Waals surface area contributed by atoms with Crippen LogP contribution >= 0.6 is 23.2 Å². The number of fused-ring (bicyclic) bond motifs is 4. The first-order valence-electron chi connectivity index (χ1n) is 17.4. The minimum Gasteiger partial charge on any atom is -0.504 e. The molecule has 2 saturated heterocycles. The van der Waals surface area contributed by atoms with E-state index in [0.29, 0.717) is 27.6 Å². The van der Waals surface area contributed by atoms with Gasteiger partial charge >= 0.3 is 0 Å². The number of carbonyl (C=O) groups is 4. The third-order valence-electron chi connectivity index (χ3n) is 11.5. The Bertz CT molecular complexity index is 2270. The summed E-state index contributed by atoms with van der Waals surface area (Å²) >= 11 is 12.7. The molecule has 8 rings (SSSR count). The standard InChI is InChI=1S/C42H35Cl2N3O7/c1-4-22-5-11-26(12-6-22)46-38(49)29-16-15-28-30(36(29)40(46)51)21-31-39(50)47(45-33-17-10-25(43)20-32(33)44)41(52)42(31,24-8-13-27(53-2)14-9-24)37(28)23-7-18-35(54-3)34(48)19-23/h4-15,17-20,29-31,36-37,45,48H,1,16,21H2,2-3H3. The zero-order chi connectivity index (χ0) is 38.1. The van der Waals surface area contributed by atoms with Gasteiger partial charge in [-0.3, -0.25) is 29.5 Å². The van der Waals surface area contributed by atoms with Crippen LogP contribution in [0.4, 0.5) is 11.4 Å². The van der Waals surface area contributed by atoms with E-state index >= 15 is 4.79 Å². The van der Waals surface area contributed by atoms with Gasteiger partial charge in [0.2, 0.25) is 11.8 Å². The summed E-state index contributed by atoms with van der Waals surface area (Å²) in [6, 6.07) is 23.7. The maximum Gasteiger partial charge on any atom is 0.260 e. The normalized spacial score (nSPS) is 25.9. The Labute approximate surface area is 321 Å². The van der Waals surface area contributed by atoms with Gasteiger partial charge in [0.15, 0.2) is 11.5 Å². The number of phenolic OH excluding ortho intramolecular Hbond substituents is 1. The molecular formula is C42H35Cl2N3O7. The number of phenols is 1. The van der Waals surface area contributed by atoms with Gasteiger partial charge in [-0.25, -0.2) is 0 Å². The molecule has 2 aliphatic heterocycles. The first-order valence-corrected chi connectivity index (χ1v) is 18.2. The average molecular weight is 765 g/mol. The molecule has 0 aromatic heterocycles. The lowest BCUT2D eigenvalue weighted by molar-refractivity contribution is -0.138. The Balaban J connectivity index is 1.32. The van der Waals surface area contributed by atoms with Crippen molar-refractivity contribution in [1.29, 1.82) is 0 Å². The lowest BCUT2D eigenvalue weighted by atomic mass is 9.49. The monoisotopic (exact) mass is 763 g/mol. The topological polar surface area (TPSA) is 125 Å². The maximum atomic E-state index is 15.4. The molecule has 274 valence electrons. The van der Waals surface area contributed by atoms with Gasteiger partial charge in [0, 0.05) is 10.9 Å². The molecule has 2 heterocycles. The Hall–Kier alpha value is -5.58. The van der Waals surface area contributed by atoms with Crippen LogP contribution in [-0.4, -0.2) is 48.0 Å². The lowest BCUT2D eigenvalue weighted by Crippen LogP contribution is -2.53. The number of imide groups is 2. The van der Waals surface area contributed by atoms with Crippen LogP contribution in [0.5, 0.6) is 17.2 Å². The minimum atomic E-state index is -1.57. The van der Waals surface area contributed by atoms with Crippen molar-refractivity contribution >= 4 is 64.3 Å². The number of hydrazine groups is 1. The smallest absolute Gasteiger partial charge is 0.260 e. The first-order chi connectivity index (χ1) is 26.0. The molecule has 3 fully saturated rings. The number of benzene rings is 4. The highest BCUT2D eigenvalue weighted by Gasteiger charge is 2.70. The molecule has 0 radical (unpaired) electrons. The molecule has 4 aromatic carbocycles. The number of nitrogens with zero attached hydrogens (tertiary/aromatic N) is 2. The number of methoxy groups -OCH3 is 2. The van der Waals surface area contributed by atoms with E-state index in [1.807, 2.05) is 6.08 Å². The quantitative estimate of drug-likeness (QED) is 0.139. The number of nitrogens with one attached hydrogen (secondary N) is 1. The Morgan fingerprint density at radius 3 is 2.26 bits per heavy atom. The first kappa shape index (κ1) is 35.4. The van der Waals surface area contributed by atoms with Crippen molar-refractivity contribution in [2.45, 2.75) is 24.2 Å². The third-order valence-corrected chi connectivity index (χ3v) is 12.1. The van der Waals surface area contributed by atoms with Gasteiger partial charge in [-0.2, -0.15) is 5.01 Å². The number of carbonyl (C=O) groups excluding carboxylic acids is 4. The molecule has 4 amide bonds. The summed E-state index contributed by atoms with van der Waals surface area (Å²) in [7, 11) is 2.98. The maximum absolute atomic E-state index is 15.4. The number of allylic oxidation sites excluding steroid dienone is 2. The largest absolute Gasteiger partial charge is 0.504 e. The van der Waals surface area contributed by atoms with Crippen molar-refractivity contribution in [3.05, 3.63) is 130 Å². The fraction of sp³-hybridized carbons (Fsp3) is 0.238. The Kier molecular flexibility index (Phi) is 8.78. The second kappa shape index (κ2) is 13.4. The van der Waals surface area contributed by atoms with Crippen LogP contribution in [0.15, 0.2) is 103 Å². The molecule has 10 nitrogen and oxygen atoms in total. The molecule has 4 aromatic rings. The summed E-state index contributed by atoms with van der Waals surface area (Å²) in [5.41, 5.74) is 4.81. The zero-order valence-corrected chi connectivity index (χ0v) is 30.8. The van der Waals surface area contributed by atoms with E-state index < -0.39 is 46.8 Å². The van der Waals surface area contributed by atoms with Crippen LogP contribution < -0.4 is 19.8 Å². The van der Waals surface area contributed by atoms with Crippen LogP contribution in [0.2, 0.25) is 10.0 Å². The molecule has 0 bridgehead atoms. The van der Waals surface area contributed by atoms with E-state index in [-0.39, 0.29) is 46.9 Å². The van der Waals surface area contributed by atoms with E-state index in [9.17, 15) is 19.5 Å². The van der Waals surface area contributed by atoms with Crippen LogP contribution in [0.1, 0.15) is 35.4 Å². The molecule has 6 unspecified atom stereocenters. The van der Waals surface area contributed by atoms with Crippen LogP contribution in [0.25, 0.3) is 6.08 Å². The second-order valence-electron chi connectivity index (χ2n) is 14.0. The Morgan fingerprint density at radius 1 is 0.870 bits per heavy atom. The van der Waals surface area contributed by atoms with Crippen LogP contribution in [0.3, 0.4) is 0 Å². The number of hydrogen-bond acceptors (Lipinski definition) is 8. The van der Waals surface area contributed by atoms with Crippen LogP contribution in [-0.2, 0) is 24.6 Å². The summed E-state index contributed by atoms with van der Waals surface area (Å²) in [4.78, 5) is 60.2. The van der Waals surface area contributed by atoms with Gasteiger partial charge in [0.25, 0.3) is 11.8 Å². The summed E-state index contributed by atoms with van der Waals surface area (Å²) < 4.78 is 10.8. The average Bonchev–Trinajstić information content (AvgIpc) is 3.56. The number of anilines is 2. The molecule has 6 atom stereocenters. The number of hydrogen-bond donors (Lipinski definition) is 2. The highest BCUT2D eigenvalue weighted by Crippen LogP contribution is 2.64. The summed E-state index contributed by atoms with van der Waals surface area (Å²) in [5.74, 6) is -5.07. The van der Waals surface area contributed by atoms with Gasteiger partial charge in [-0.1, -0.05) is 77.8 Å². The fourth-order valence-electron chi connectivity index (χ4n) is 9.12. The van der Waals surface area contributed by atoms with E-state index in [4.69, 9.17) is 32.7 Å². The predicted octanol–water partition coefficient (Wildman–Crippen LogP) is 7.55. The molecule has 2 N–H and O–H groups in total. The van der Waals surface area contributed by atoms with Crippen molar-refractivity contribution in [3.8, 4) is 17.2 Å². The van der Waals surface area contributed by atoms with Gasteiger partial charge in [0.1, 0.15) is 5.75 Å². The van der Waals surface area contributed by atoms with E-state index in [2.05, 4.69) is 12.0 Å². The third kappa shape index (κ3) is 5.22. The molecule has 2 aliphatic carbocycles. The molecule has 1 saturated carbocycles. The zero-order valence-electron chi connectivity index (χ0n) is 29.3. The number of amides is 4. The summed E-state index contributed by atoms with van der Waals surface area (Å²) in [6.45, 7) is 3.79. The summed E-state index contributed by atoms with van der Waals surface area (Å²) in [6.07, 6.45) is 3.98. The highest BCUT2D eigenvalue weighted by molar-refractivity contribution is 6.36. The number of rotatable bonds is 8. The van der Waals surface area contributed by atoms with Gasteiger partial charge < -0.3 is 14.6 Å². The SMILES string of the molecule is C=Cc1ccc(N2C(=O)C3CC=C4C(CC5C(=O)N(Nc6ccc(Cl)cc6Cl)C(=O)C5(c5ccc(OC)cc5)C4c4ccc(OC)c(O)c4)C3C2=O)cc1. The number of ether oxygens (including phenoxy) is 2. The van der Waals surface area contributed by atoms with Crippen molar-refractivity contribution in [2.75, 3.05) is 24.5 Å². The van der Waals surface area contributed by atoms with Crippen molar-refractivity contribution in [2.24, 2.45) is 23.7 Å². The van der Waals surface area contributed by atoms with Gasteiger partial charge in [-0.15, -0.1) is 0 Å². The van der Waals surface area contributed by atoms with Crippen molar-refractivity contribution in [3.63, 3.8) is 0 Å². The van der Waals surface area contributed by atoms with Crippen molar-refractivity contribution in [1.82, 2.24) is 5.01 Å². The predicted molar refractivity (Wildman–Crippen MR) is 204 cm³/mol. The van der Waals surface area contributed by atoms with E-state index in [1.165, 1.54) is 25.2 Å². The Morgan fingerprint density at radius 2 is 1.61 bits per heavy atom. The van der Waals surface area contributed by atoms with Gasteiger partial charge in [0.05, 0.1) is 53.8 Å². The fourth-order valence-corrected chi connectivity index (χ4v) is 9.57. The molecule has 0 spiro atoms. The molecule has 12 heteroatoms. The molecule has 54 heavy (non-hydrogen) atoms. The van der Waals surface area contributed by atoms with Gasteiger partial charge in [-0.05, 0) is 90.0 Å². The van der Waals surface area contributed by atoms with E-state index in [1.54, 1.807) is 84.9 Å². The second-order valence-corrected chi connectivity index (χ2v) is 14.8.